The monoisotopic (exact) mass is 361 g/mol. The van der Waals surface area contributed by atoms with Crippen molar-refractivity contribution >= 4 is 26.2 Å². The van der Waals surface area contributed by atoms with Gasteiger partial charge in [0.05, 0.1) is 7.11 Å². The molecule has 0 heterocycles. The van der Waals surface area contributed by atoms with E-state index in [1.807, 2.05) is 59.0 Å². The summed E-state index contributed by atoms with van der Waals surface area (Å²) in [4.78, 5) is 11.7. The quantitative estimate of drug-likeness (QED) is 0.575. The fourth-order valence-electron chi connectivity index (χ4n) is 1.76. The van der Waals surface area contributed by atoms with E-state index in [2.05, 4.69) is 9.39 Å². The highest BCUT2D eigenvalue weighted by Gasteiger charge is 2.21. The first-order valence-corrected chi connectivity index (χ1v) is 10.1. The number of carbonyl (C=O) groups is 1. The van der Waals surface area contributed by atoms with Gasteiger partial charge in [0, 0.05) is 22.8 Å². The predicted molar refractivity (Wildman–Crippen MR) is 104 cm³/mol. The molecule has 0 aliphatic rings. The first kappa shape index (κ1) is 24.5. The first-order valence-electron chi connectivity index (χ1n) is 7.87. The van der Waals surface area contributed by atoms with Crippen LogP contribution in [-0.4, -0.2) is 41.3 Å². The fourth-order valence-corrected chi connectivity index (χ4v) is 2.65. The number of likely N-dealkylation sites (N-methyl/N-ethyl adjacent to an activating group) is 1. The molecule has 0 fully saturated rings. The van der Waals surface area contributed by atoms with Crippen molar-refractivity contribution in [2.75, 3.05) is 20.4 Å². The van der Waals surface area contributed by atoms with Crippen LogP contribution in [0, 0.1) is 0 Å². The largest absolute Gasteiger partial charge is 0.468 e. The van der Waals surface area contributed by atoms with Gasteiger partial charge in [-0.1, -0.05) is 61.4 Å². The van der Waals surface area contributed by atoms with Crippen LogP contribution in [0.2, 0.25) is 0 Å². The summed E-state index contributed by atoms with van der Waals surface area (Å²) < 4.78 is 17.7. The minimum atomic E-state index is -0.836. The molecular weight excluding hydrogens is 329 g/mol. The highest BCUT2D eigenvalue weighted by molar-refractivity contribution is 7.83. The second-order valence-corrected chi connectivity index (χ2v) is 6.69. The number of rotatable bonds is 6. The second-order valence-electron chi connectivity index (χ2n) is 4.44. The summed E-state index contributed by atoms with van der Waals surface area (Å²) in [6.45, 7) is 8.00. The average molecular weight is 361 g/mol. The van der Waals surface area contributed by atoms with Gasteiger partial charge in [-0.05, 0) is 24.6 Å². The lowest BCUT2D eigenvalue weighted by Crippen LogP contribution is -2.35. The highest BCUT2D eigenvalue weighted by atomic mass is 32.2. The van der Waals surface area contributed by atoms with Crippen molar-refractivity contribution < 1.29 is 13.7 Å². The minimum Gasteiger partial charge on any atom is -0.468 e. The van der Waals surface area contributed by atoms with Gasteiger partial charge in [0.2, 0.25) is 0 Å². The molecule has 0 bridgehead atoms. The van der Waals surface area contributed by atoms with E-state index in [0.717, 1.165) is 11.1 Å². The second kappa shape index (κ2) is 14.8. The van der Waals surface area contributed by atoms with Crippen LogP contribution in [-0.2, 0) is 32.5 Å². The van der Waals surface area contributed by atoms with Crippen LogP contribution in [0.5, 0.6) is 0 Å². The summed E-state index contributed by atoms with van der Waals surface area (Å²) in [5, 5.41) is 0. The molecule has 0 aromatic heterocycles. The van der Waals surface area contributed by atoms with Gasteiger partial charge in [-0.25, -0.2) is 0 Å². The lowest BCUT2D eigenvalue weighted by atomic mass is 10.0. The number of hydrogen-bond acceptors (Lipinski definition) is 4. The summed E-state index contributed by atoms with van der Waals surface area (Å²) in [6.07, 6.45) is 2.27. The number of ether oxygens (including phenoxy) is 1. The molecule has 2 unspecified atom stereocenters. The van der Waals surface area contributed by atoms with Crippen molar-refractivity contribution in [1.82, 2.24) is 4.67 Å². The van der Waals surface area contributed by atoms with E-state index < -0.39 is 10.8 Å². The van der Waals surface area contributed by atoms with Gasteiger partial charge in [0.1, 0.15) is 6.04 Å². The van der Waals surface area contributed by atoms with Gasteiger partial charge in [-0.3, -0.25) is 13.7 Å². The topological polar surface area (TPSA) is 46.6 Å². The maximum atomic E-state index is 11.7. The Morgan fingerprint density at radius 3 is 1.96 bits per heavy atom. The average Bonchev–Trinajstić information content (AvgIpc) is 2.56. The van der Waals surface area contributed by atoms with Crippen LogP contribution in [0.4, 0.5) is 0 Å². The molecule has 134 valence electrons. The third-order valence-electron chi connectivity index (χ3n) is 2.79. The van der Waals surface area contributed by atoms with Crippen molar-refractivity contribution in [3.8, 4) is 0 Å². The molecule has 0 aliphatic heterocycles. The minimum absolute atomic E-state index is 0.253. The molecule has 0 saturated heterocycles. The predicted octanol–water partition coefficient (Wildman–Crippen LogP) is 3.42. The van der Waals surface area contributed by atoms with E-state index >= 15 is 0 Å². The van der Waals surface area contributed by atoms with Crippen molar-refractivity contribution in [3.63, 3.8) is 0 Å². The van der Waals surface area contributed by atoms with E-state index in [0.29, 0.717) is 12.2 Å². The number of hydrogen-bond donors (Lipinski definition) is 0. The molecule has 0 radical (unpaired) electrons. The zero-order chi connectivity index (χ0) is 18.4. The molecule has 6 heteroatoms. The van der Waals surface area contributed by atoms with Crippen LogP contribution in [0.1, 0.15) is 38.8 Å². The van der Waals surface area contributed by atoms with Gasteiger partial charge < -0.3 is 4.74 Å². The molecule has 3 atom stereocenters. The van der Waals surface area contributed by atoms with E-state index in [1.54, 1.807) is 10.9 Å². The summed E-state index contributed by atoms with van der Waals surface area (Å²) in [6, 6.07) is 7.52. The van der Waals surface area contributed by atoms with Gasteiger partial charge >= 0.3 is 5.97 Å². The zero-order valence-corrected chi connectivity index (χ0v) is 17.4. The number of benzene rings is 1. The molecule has 1 aromatic carbocycles. The Morgan fingerprint density at radius 1 is 1.17 bits per heavy atom. The van der Waals surface area contributed by atoms with Gasteiger partial charge in [0.15, 0.2) is 0 Å². The maximum Gasteiger partial charge on any atom is 0.323 e. The molecule has 0 amide bonds. The fraction of sp³-hybridized carbons (Fsp3) is 0.588. The lowest BCUT2D eigenvalue weighted by Gasteiger charge is -2.21. The standard InChI is InChI=1S/C13H20NO3PS.2C2H6/c1-14(18)12(13(15)17-2)8-10-4-6-11(7-5-10)9-19(3)16;2*1-2/h4-7,12H,8-9,18H2,1-3H3;2*1-2H3/t12-,19?;;/m0../s1. The Labute approximate surface area is 146 Å². The maximum absolute atomic E-state index is 11.7. The highest BCUT2D eigenvalue weighted by Crippen LogP contribution is 2.14. The summed E-state index contributed by atoms with van der Waals surface area (Å²) in [5.74, 6) is 0.306. The lowest BCUT2D eigenvalue weighted by molar-refractivity contribution is -0.144. The van der Waals surface area contributed by atoms with E-state index in [1.165, 1.54) is 7.11 Å². The number of nitrogens with zero attached hydrogens (tertiary/aromatic N) is 1. The normalized spacial score (nSPS) is 12.2. The van der Waals surface area contributed by atoms with Gasteiger partial charge in [-0.15, -0.1) is 0 Å². The Bertz CT molecular complexity index is 450. The molecule has 0 spiro atoms. The SMILES string of the molecule is CC.CC.COC(=O)[C@H](Cc1ccc(CS(C)=O)cc1)N(C)P. The number of carbonyl (C=O) groups excluding carboxylic acids is 1. The van der Waals surface area contributed by atoms with Crippen LogP contribution in [0.15, 0.2) is 24.3 Å². The summed E-state index contributed by atoms with van der Waals surface area (Å²) in [5.41, 5.74) is 2.09. The number of esters is 1. The van der Waals surface area contributed by atoms with Crippen LogP contribution >= 0.6 is 9.39 Å². The molecule has 0 saturated carbocycles. The molecule has 1 rings (SSSR count). The molecule has 23 heavy (non-hydrogen) atoms. The summed E-state index contributed by atoms with van der Waals surface area (Å²) in [7, 11) is 4.87. The third kappa shape index (κ3) is 10.6. The Morgan fingerprint density at radius 2 is 1.61 bits per heavy atom. The molecular formula is C17H32NO3PS. The smallest absolute Gasteiger partial charge is 0.323 e. The van der Waals surface area contributed by atoms with Crippen molar-refractivity contribution in [2.45, 2.75) is 45.9 Å². The summed E-state index contributed by atoms with van der Waals surface area (Å²) >= 11 is 0. The molecule has 0 N–H and O–H groups in total. The Hall–Kier alpha value is -0.770. The zero-order valence-electron chi connectivity index (χ0n) is 15.5. The van der Waals surface area contributed by atoms with Crippen LogP contribution in [0.3, 0.4) is 0 Å². The van der Waals surface area contributed by atoms with E-state index in [9.17, 15) is 9.00 Å². The van der Waals surface area contributed by atoms with Crippen molar-refractivity contribution in [1.29, 1.82) is 0 Å². The van der Waals surface area contributed by atoms with Crippen LogP contribution in [0.25, 0.3) is 0 Å². The molecule has 4 nitrogen and oxygen atoms in total. The third-order valence-corrected chi connectivity index (χ3v) is 3.89. The molecule has 0 aliphatic carbocycles. The Balaban J connectivity index is 0. The van der Waals surface area contributed by atoms with Crippen molar-refractivity contribution in [3.05, 3.63) is 35.4 Å². The van der Waals surface area contributed by atoms with Gasteiger partial charge in [0.25, 0.3) is 0 Å². The Kier molecular flexibility index (Phi) is 15.8. The van der Waals surface area contributed by atoms with Crippen LogP contribution < -0.4 is 0 Å². The van der Waals surface area contributed by atoms with E-state index in [-0.39, 0.29) is 12.0 Å². The number of methoxy groups -OCH3 is 1. The molecule has 1 aromatic rings. The van der Waals surface area contributed by atoms with E-state index in [4.69, 9.17) is 4.74 Å². The van der Waals surface area contributed by atoms with Crippen molar-refractivity contribution in [2.24, 2.45) is 0 Å². The van der Waals surface area contributed by atoms with Gasteiger partial charge in [-0.2, -0.15) is 0 Å². The first-order chi connectivity index (χ1) is 10.9.